The maximum Gasteiger partial charge on any atom is 0.211 e. The minimum atomic E-state index is 0.0220. The summed E-state index contributed by atoms with van der Waals surface area (Å²) < 4.78 is 5.04. The van der Waals surface area contributed by atoms with Crippen LogP contribution in [0.25, 0.3) is 0 Å². The van der Waals surface area contributed by atoms with Crippen molar-refractivity contribution in [2.24, 2.45) is 5.92 Å². The van der Waals surface area contributed by atoms with E-state index < -0.39 is 0 Å². The normalized spacial score (nSPS) is 20.9. The Balaban J connectivity index is 1.66. The molecule has 2 heterocycles. The summed E-state index contributed by atoms with van der Waals surface area (Å²) in [5, 5.41) is 6.55. The molecular formula is C12H18N2O2. The third-order valence-electron chi connectivity index (χ3n) is 2.91. The van der Waals surface area contributed by atoms with E-state index in [-0.39, 0.29) is 5.78 Å². The van der Waals surface area contributed by atoms with Crippen LogP contribution in [-0.4, -0.2) is 32.0 Å². The Bertz CT molecular complexity index is 316. The predicted octanol–water partition coefficient (Wildman–Crippen LogP) is 1.05. The Morgan fingerprint density at radius 1 is 1.62 bits per heavy atom. The van der Waals surface area contributed by atoms with Crippen molar-refractivity contribution in [3.05, 3.63) is 24.2 Å². The topological polar surface area (TPSA) is 54.3 Å². The maximum absolute atomic E-state index is 11.6. The summed E-state index contributed by atoms with van der Waals surface area (Å²) in [6.45, 7) is 3.45. The molecule has 0 aliphatic carbocycles. The molecule has 1 aromatic rings. The monoisotopic (exact) mass is 222 g/mol. The molecule has 1 aromatic heterocycles. The van der Waals surface area contributed by atoms with Crippen LogP contribution in [0, 0.1) is 5.92 Å². The first-order valence-corrected chi connectivity index (χ1v) is 5.84. The van der Waals surface area contributed by atoms with Crippen molar-refractivity contribution in [1.29, 1.82) is 0 Å². The van der Waals surface area contributed by atoms with Gasteiger partial charge in [-0.2, -0.15) is 0 Å². The molecule has 1 fully saturated rings. The van der Waals surface area contributed by atoms with Crippen molar-refractivity contribution in [1.82, 2.24) is 10.6 Å². The first-order valence-electron chi connectivity index (χ1n) is 5.84. The lowest BCUT2D eigenvalue weighted by atomic mass is 10.00. The van der Waals surface area contributed by atoms with E-state index in [9.17, 15) is 4.79 Å². The molecule has 2 rings (SSSR count). The molecule has 0 amide bonds. The summed E-state index contributed by atoms with van der Waals surface area (Å²) in [5.74, 6) is 1.11. The number of Topliss-reactive ketones (excluding diaryl/α,β-unsaturated/α-hetero) is 1. The summed E-state index contributed by atoms with van der Waals surface area (Å²) >= 11 is 0. The second kappa shape index (κ2) is 5.82. The number of ketones is 1. The lowest BCUT2D eigenvalue weighted by Crippen LogP contribution is -2.37. The first kappa shape index (κ1) is 11.4. The lowest BCUT2D eigenvalue weighted by Gasteiger charge is -2.22. The van der Waals surface area contributed by atoms with E-state index in [1.807, 2.05) is 0 Å². The van der Waals surface area contributed by atoms with E-state index in [0.29, 0.717) is 18.2 Å². The van der Waals surface area contributed by atoms with Crippen molar-refractivity contribution in [2.75, 3.05) is 26.2 Å². The molecule has 1 atom stereocenters. The van der Waals surface area contributed by atoms with Crippen LogP contribution in [0.4, 0.5) is 0 Å². The second-order valence-corrected chi connectivity index (χ2v) is 4.24. The third-order valence-corrected chi connectivity index (χ3v) is 2.91. The van der Waals surface area contributed by atoms with Gasteiger partial charge in [-0.3, -0.25) is 4.79 Å². The van der Waals surface area contributed by atoms with Gasteiger partial charge in [-0.05, 0) is 50.5 Å². The molecular weight excluding hydrogens is 204 g/mol. The van der Waals surface area contributed by atoms with Crippen LogP contribution < -0.4 is 10.6 Å². The number of carbonyl (C=O) groups is 1. The summed E-state index contributed by atoms with van der Waals surface area (Å²) in [6, 6.07) is 3.43. The number of piperidine rings is 1. The molecule has 2 N–H and O–H groups in total. The van der Waals surface area contributed by atoms with Gasteiger partial charge in [0, 0.05) is 0 Å². The van der Waals surface area contributed by atoms with Crippen LogP contribution in [-0.2, 0) is 0 Å². The summed E-state index contributed by atoms with van der Waals surface area (Å²) in [6.07, 6.45) is 4.01. The molecule has 0 radical (unpaired) electrons. The quantitative estimate of drug-likeness (QED) is 0.731. The molecule has 16 heavy (non-hydrogen) atoms. The molecule has 4 nitrogen and oxygen atoms in total. The Morgan fingerprint density at radius 3 is 3.25 bits per heavy atom. The molecule has 0 aromatic carbocycles. The van der Waals surface area contributed by atoms with Gasteiger partial charge in [-0.15, -0.1) is 0 Å². The van der Waals surface area contributed by atoms with Gasteiger partial charge in [0.2, 0.25) is 5.78 Å². The van der Waals surface area contributed by atoms with Gasteiger partial charge >= 0.3 is 0 Å². The second-order valence-electron chi connectivity index (χ2n) is 4.24. The van der Waals surface area contributed by atoms with E-state index in [1.54, 1.807) is 12.1 Å². The average Bonchev–Trinajstić information content (AvgIpc) is 2.84. The number of hydrogen-bond acceptors (Lipinski definition) is 4. The number of furan rings is 1. The highest BCUT2D eigenvalue weighted by Gasteiger charge is 2.13. The number of rotatable bonds is 5. The Morgan fingerprint density at radius 2 is 2.56 bits per heavy atom. The zero-order valence-electron chi connectivity index (χ0n) is 9.37. The van der Waals surface area contributed by atoms with E-state index in [4.69, 9.17) is 4.42 Å². The van der Waals surface area contributed by atoms with E-state index in [0.717, 1.165) is 19.6 Å². The fraction of sp³-hybridized carbons (Fsp3) is 0.583. The summed E-state index contributed by atoms with van der Waals surface area (Å²) in [4.78, 5) is 11.6. The molecule has 0 saturated carbocycles. The first-order chi connectivity index (χ1) is 7.86. The van der Waals surface area contributed by atoms with Crippen molar-refractivity contribution < 1.29 is 9.21 Å². The smallest absolute Gasteiger partial charge is 0.211 e. The van der Waals surface area contributed by atoms with Crippen LogP contribution in [0.1, 0.15) is 23.4 Å². The molecule has 1 saturated heterocycles. The SMILES string of the molecule is O=C(CNC[C@H]1CCCNC1)c1ccco1. The Hall–Kier alpha value is -1.13. The van der Waals surface area contributed by atoms with Crippen molar-refractivity contribution in [3.63, 3.8) is 0 Å². The van der Waals surface area contributed by atoms with Crippen LogP contribution >= 0.6 is 0 Å². The summed E-state index contributed by atoms with van der Waals surface area (Å²) in [5.41, 5.74) is 0. The standard InChI is InChI=1S/C12H18N2O2/c15-11(12-4-2-6-16-12)9-14-8-10-3-1-5-13-7-10/h2,4,6,10,13-14H,1,3,5,7-9H2/t10-/m0/s1. The average molecular weight is 222 g/mol. The van der Waals surface area contributed by atoms with Gasteiger partial charge in [-0.25, -0.2) is 0 Å². The molecule has 1 aliphatic rings. The van der Waals surface area contributed by atoms with Crippen molar-refractivity contribution >= 4 is 5.78 Å². The highest BCUT2D eigenvalue weighted by molar-refractivity contribution is 5.94. The zero-order chi connectivity index (χ0) is 11.2. The predicted molar refractivity (Wildman–Crippen MR) is 61.5 cm³/mol. The van der Waals surface area contributed by atoms with Crippen LogP contribution in [0.5, 0.6) is 0 Å². The van der Waals surface area contributed by atoms with Crippen LogP contribution in [0.2, 0.25) is 0 Å². The van der Waals surface area contributed by atoms with Gasteiger partial charge in [0.25, 0.3) is 0 Å². The largest absolute Gasteiger partial charge is 0.461 e. The van der Waals surface area contributed by atoms with Gasteiger partial charge in [0.15, 0.2) is 5.76 Å². The molecule has 1 aliphatic heterocycles. The molecule has 0 spiro atoms. The minimum absolute atomic E-state index is 0.0220. The highest BCUT2D eigenvalue weighted by Crippen LogP contribution is 2.08. The third kappa shape index (κ3) is 3.18. The molecule has 4 heteroatoms. The van der Waals surface area contributed by atoms with E-state index >= 15 is 0 Å². The van der Waals surface area contributed by atoms with Gasteiger partial charge in [0.1, 0.15) is 0 Å². The number of carbonyl (C=O) groups excluding carboxylic acids is 1. The molecule has 0 unspecified atom stereocenters. The van der Waals surface area contributed by atoms with Crippen molar-refractivity contribution in [3.8, 4) is 0 Å². The van der Waals surface area contributed by atoms with Gasteiger partial charge in [0.05, 0.1) is 12.8 Å². The number of hydrogen-bond donors (Lipinski definition) is 2. The van der Waals surface area contributed by atoms with Gasteiger partial charge < -0.3 is 15.1 Å². The minimum Gasteiger partial charge on any atom is -0.461 e. The Kier molecular flexibility index (Phi) is 4.13. The van der Waals surface area contributed by atoms with Gasteiger partial charge in [-0.1, -0.05) is 0 Å². The zero-order valence-corrected chi connectivity index (χ0v) is 9.37. The van der Waals surface area contributed by atoms with Crippen molar-refractivity contribution in [2.45, 2.75) is 12.8 Å². The maximum atomic E-state index is 11.6. The van der Waals surface area contributed by atoms with E-state index in [2.05, 4.69) is 10.6 Å². The van der Waals surface area contributed by atoms with Crippen LogP contribution in [0.3, 0.4) is 0 Å². The summed E-state index contributed by atoms with van der Waals surface area (Å²) in [7, 11) is 0. The lowest BCUT2D eigenvalue weighted by molar-refractivity contribution is 0.0963. The fourth-order valence-corrected chi connectivity index (χ4v) is 2.01. The fourth-order valence-electron chi connectivity index (χ4n) is 2.01. The Labute approximate surface area is 95.4 Å². The molecule has 0 bridgehead atoms. The number of nitrogens with one attached hydrogen (secondary N) is 2. The van der Waals surface area contributed by atoms with Crippen LogP contribution in [0.15, 0.2) is 22.8 Å². The highest BCUT2D eigenvalue weighted by atomic mass is 16.3. The molecule has 88 valence electrons. The van der Waals surface area contributed by atoms with E-state index in [1.165, 1.54) is 19.1 Å².